The second-order valence-electron chi connectivity index (χ2n) is 4.30. The highest BCUT2D eigenvalue weighted by molar-refractivity contribution is 5.55. The first-order chi connectivity index (χ1) is 8.49. The summed E-state index contributed by atoms with van der Waals surface area (Å²) in [5.41, 5.74) is 1.69. The Hall–Kier alpha value is -2.09. The molecular formula is C13H17N3O2. The number of nitro benzene ring substituents is 1. The van der Waals surface area contributed by atoms with Crippen molar-refractivity contribution in [1.82, 2.24) is 0 Å². The average Bonchev–Trinajstić information content (AvgIpc) is 2.34. The molecule has 1 atom stereocenters. The van der Waals surface area contributed by atoms with Crippen LogP contribution in [0.1, 0.15) is 19.4 Å². The van der Waals surface area contributed by atoms with Crippen molar-refractivity contribution in [2.45, 2.75) is 20.8 Å². The van der Waals surface area contributed by atoms with Crippen LogP contribution in [-0.4, -0.2) is 18.0 Å². The molecule has 0 heterocycles. The van der Waals surface area contributed by atoms with Crippen LogP contribution in [-0.2, 0) is 0 Å². The van der Waals surface area contributed by atoms with E-state index in [-0.39, 0.29) is 16.5 Å². The fourth-order valence-electron chi connectivity index (χ4n) is 1.83. The van der Waals surface area contributed by atoms with Crippen molar-refractivity contribution in [3.05, 3.63) is 33.9 Å². The van der Waals surface area contributed by atoms with Crippen LogP contribution in [0.4, 0.5) is 11.4 Å². The van der Waals surface area contributed by atoms with Gasteiger partial charge in [-0.3, -0.25) is 10.1 Å². The van der Waals surface area contributed by atoms with E-state index in [1.165, 1.54) is 6.07 Å². The molecule has 0 spiro atoms. The Morgan fingerprint density at radius 3 is 2.67 bits per heavy atom. The van der Waals surface area contributed by atoms with Gasteiger partial charge < -0.3 is 4.90 Å². The Kier molecular flexibility index (Phi) is 4.67. The first-order valence-corrected chi connectivity index (χ1v) is 5.89. The highest BCUT2D eigenvalue weighted by Gasteiger charge is 2.14. The van der Waals surface area contributed by atoms with Crippen molar-refractivity contribution in [3.8, 4) is 6.07 Å². The van der Waals surface area contributed by atoms with E-state index in [9.17, 15) is 10.1 Å². The van der Waals surface area contributed by atoms with Crippen molar-refractivity contribution in [3.63, 3.8) is 0 Å². The largest absolute Gasteiger partial charge is 0.370 e. The first-order valence-electron chi connectivity index (χ1n) is 5.89. The van der Waals surface area contributed by atoms with E-state index in [2.05, 4.69) is 6.07 Å². The lowest BCUT2D eigenvalue weighted by molar-refractivity contribution is -0.385. The molecular weight excluding hydrogens is 230 g/mol. The highest BCUT2D eigenvalue weighted by Crippen LogP contribution is 2.24. The van der Waals surface area contributed by atoms with Crippen molar-refractivity contribution in [2.24, 2.45) is 5.92 Å². The van der Waals surface area contributed by atoms with Crippen LogP contribution in [0.5, 0.6) is 0 Å². The van der Waals surface area contributed by atoms with E-state index in [0.717, 1.165) is 12.2 Å². The van der Waals surface area contributed by atoms with Gasteiger partial charge in [0.05, 0.1) is 16.9 Å². The molecule has 1 rings (SSSR count). The molecule has 5 heteroatoms. The summed E-state index contributed by atoms with van der Waals surface area (Å²) in [6, 6.07) is 7.24. The van der Waals surface area contributed by atoms with Crippen LogP contribution >= 0.6 is 0 Å². The number of benzene rings is 1. The fourth-order valence-corrected chi connectivity index (χ4v) is 1.83. The molecule has 96 valence electrons. The summed E-state index contributed by atoms with van der Waals surface area (Å²) < 4.78 is 0. The quantitative estimate of drug-likeness (QED) is 0.592. The summed E-state index contributed by atoms with van der Waals surface area (Å²) in [4.78, 5) is 12.4. The summed E-state index contributed by atoms with van der Waals surface area (Å²) in [5, 5.41) is 19.6. The van der Waals surface area contributed by atoms with Gasteiger partial charge in [-0.05, 0) is 32.9 Å². The summed E-state index contributed by atoms with van der Waals surface area (Å²) >= 11 is 0. The Morgan fingerprint density at radius 2 is 2.22 bits per heavy atom. The summed E-state index contributed by atoms with van der Waals surface area (Å²) in [6.07, 6.45) is 0. The maximum Gasteiger partial charge on any atom is 0.272 e. The van der Waals surface area contributed by atoms with Crippen LogP contribution in [0.15, 0.2) is 18.2 Å². The fraction of sp³-hybridized carbons (Fsp3) is 0.462. The van der Waals surface area contributed by atoms with Crippen molar-refractivity contribution in [1.29, 1.82) is 5.26 Å². The molecule has 0 fully saturated rings. The minimum atomic E-state index is -0.382. The molecule has 0 saturated heterocycles. The van der Waals surface area contributed by atoms with Crippen molar-refractivity contribution in [2.75, 3.05) is 18.0 Å². The number of hydrogen-bond donors (Lipinski definition) is 0. The summed E-state index contributed by atoms with van der Waals surface area (Å²) in [5.74, 6) is -0.0690. The van der Waals surface area contributed by atoms with E-state index in [4.69, 9.17) is 5.26 Å². The maximum atomic E-state index is 10.7. The van der Waals surface area contributed by atoms with Crippen LogP contribution < -0.4 is 4.90 Å². The number of nitriles is 1. The van der Waals surface area contributed by atoms with E-state index >= 15 is 0 Å². The second-order valence-corrected chi connectivity index (χ2v) is 4.30. The lowest BCUT2D eigenvalue weighted by Crippen LogP contribution is -2.27. The zero-order valence-corrected chi connectivity index (χ0v) is 10.9. The average molecular weight is 247 g/mol. The van der Waals surface area contributed by atoms with Gasteiger partial charge in [0.2, 0.25) is 0 Å². The Balaban J connectivity index is 2.98. The van der Waals surface area contributed by atoms with Gasteiger partial charge in [-0.2, -0.15) is 5.26 Å². The predicted octanol–water partition coefficient (Wildman–Crippen LogP) is 2.89. The van der Waals surface area contributed by atoms with E-state index < -0.39 is 0 Å². The first kappa shape index (κ1) is 14.0. The molecule has 5 nitrogen and oxygen atoms in total. The smallest absolute Gasteiger partial charge is 0.272 e. The molecule has 0 N–H and O–H groups in total. The Morgan fingerprint density at radius 1 is 1.56 bits per heavy atom. The third-order valence-corrected chi connectivity index (χ3v) is 2.84. The number of nitro groups is 1. The minimum absolute atomic E-state index is 0.0690. The number of rotatable bonds is 5. The number of aryl methyl sites for hydroxylation is 1. The normalized spacial score (nSPS) is 11.7. The van der Waals surface area contributed by atoms with Gasteiger partial charge in [-0.15, -0.1) is 0 Å². The van der Waals surface area contributed by atoms with Crippen LogP contribution in [0.3, 0.4) is 0 Å². The Bertz CT molecular complexity index is 480. The molecule has 0 aliphatic carbocycles. The molecule has 0 aliphatic rings. The van der Waals surface area contributed by atoms with Crippen molar-refractivity contribution >= 4 is 11.4 Å². The molecule has 18 heavy (non-hydrogen) atoms. The molecule has 0 saturated carbocycles. The molecule has 0 aromatic heterocycles. The minimum Gasteiger partial charge on any atom is -0.370 e. The summed E-state index contributed by atoms with van der Waals surface area (Å²) in [7, 11) is 0. The molecule has 1 unspecified atom stereocenters. The summed E-state index contributed by atoms with van der Waals surface area (Å²) in [6.45, 7) is 6.98. The van der Waals surface area contributed by atoms with E-state index in [1.807, 2.05) is 18.7 Å². The SMILES string of the molecule is CCN(CC(C)C#N)c1ccc([N+](=O)[O-])c(C)c1. The lowest BCUT2D eigenvalue weighted by atomic mass is 10.1. The van der Waals surface area contributed by atoms with Crippen molar-refractivity contribution < 1.29 is 4.92 Å². The van der Waals surface area contributed by atoms with Gasteiger partial charge in [-0.25, -0.2) is 0 Å². The van der Waals surface area contributed by atoms with Gasteiger partial charge in [0.1, 0.15) is 0 Å². The molecule has 1 aromatic carbocycles. The van der Waals surface area contributed by atoms with Gasteiger partial charge in [0.25, 0.3) is 5.69 Å². The van der Waals surface area contributed by atoms with Crippen LogP contribution in [0, 0.1) is 34.3 Å². The third kappa shape index (κ3) is 3.20. The molecule has 0 aliphatic heterocycles. The number of hydrogen-bond acceptors (Lipinski definition) is 4. The molecule has 0 amide bonds. The van der Waals surface area contributed by atoms with E-state index in [0.29, 0.717) is 12.1 Å². The molecule has 0 radical (unpaired) electrons. The zero-order valence-electron chi connectivity index (χ0n) is 10.9. The number of anilines is 1. The van der Waals surface area contributed by atoms with Gasteiger partial charge in [0, 0.05) is 30.4 Å². The standard InChI is InChI=1S/C13H17N3O2/c1-4-15(9-10(2)8-14)12-5-6-13(16(17)18)11(3)7-12/h5-7,10H,4,9H2,1-3H3. The topological polar surface area (TPSA) is 70.2 Å². The van der Waals surface area contributed by atoms with E-state index in [1.54, 1.807) is 19.1 Å². The molecule has 1 aromatic rings. The maximum absolute atomic E-state index is 10.7. The second kappa shape index (κ2) is 6.01. The van der Waals surface area contributed by atoms with Gasteiger partial charge >= 0.3 is 0 Å². The van der Waals surface area contributed by atoms with Crippen LogP contribution in [0.2, 0.25) is 0 Å². The third-order valence-electron chi connectivity index (χ3n) is 2.84. The zero-order chi connectivity index (χ0) is 13.7. The number of nitrogens with zero attached hydrogens (tertiary/aromatic N) is 3. The van der Waals surface area contributed by atoms with Gasteiger partial charge in [-0.1, -0.05) is 0 Å². The molecule has 0 bridgehead atoms. The Labute approximate surface area is 107 Å². The highest BCUT2D eigenvalue weighted by atomic mass is 16.6. The van der Waals surface area contributed by atoms with Crippen LogP contribution in [0.25, 0.3) is 0 Å². The monoisotopic (exact) mass is 247 g/mol. The lowest BCUT2D eigenvalue weighted by Gasteiger charge is -2.24. The predicted molar refractivity (Wildman–Crippen MR) is 70.5 cm³/mol. The van der Waals surface area contributed by atoms with Gasteiger partial charge in [0.15, 0.2) is 0 Å².